The maximum Gasteiger partial charge on any atom is 0.353 e. The van der Waals surface area contributed by atoms with Gasteiger partial charge in [-0.15, -0.1) is 0 Å². The second-order valence-electron chi connectivity index (χ2n) is 3.99. The smallest absolute Gasteiger partial charge is 0.353 e. The summed E-state index contributed by atoms with van der Waals surface area (Å²) >= 11 is 9.34. The maximum atomic E-state index is 11.1. The molecule has 6 nitrogen and oxygen atoms in total. The summed E-state index contributed by atoms with van der Waals surface area (Å²) in [6.07, 6.45) is 0. The number of benzene rings is 1. The van der Waals surface area contributed by atoms with Crippen LogP contribution in [0.25, 0.3) is 0 Å². The average Bonchev–Trinajstić information content (AvgIpc) is 2.70. The first-order chi connectivity index (χ1) is 9.43. The highest BCUT2D eigenvalue weighted by atomic mass is 79.9. The molecule has 0 saturated carbocycles. The van der Waals surface area contributed by atoms with E-state index in [4.69, 9.17) is 16.3 Å². The normalized spacial score (nSPS) is 10.6. The summed E-state index contributed by atoms with van der Waals surface area (Å²) in [7, 11) is 0. The Bertz CT molecular complexity index is 672. The zero-order valence-corrected chi connectivity index (χ0v) is 13.1. The van der Waals surface area contributed by atoms with E-state index >= 15 is 0 Å². The molecule has 0 bridgehead atoms. The number of halogens is 2. The number of rotatable bonds is 4. The minimum Gasteiger partial charge on any atom is -0.432 e. The van der Waals surface area contributed by atoms with Gasteiger partial charge < -0.3 is 4.74 Å². The van der Waals surface area contributed by atoms with Crippen molar-refractivity contribution in [1.29, 1.82) is 0 Å². The molecule has 1 aromatic carbocycles. The highest BCUT2D eigenvalue weighted by Crippen LogP contribution is 2.37. The van der Waals surface area contributed by atoms with Gasteiger partial charge in [0.05, 0.1) is 9.95 Å². The molecule has 0 spiro atoms. The fraction of sp³-hybridized carbons (Fsp3) is 0.250. The Morgan fingerprint density at radius 1 is 1.55 bits per heavy atom. The fourth-order valence-corrected chi connectivity index (χ4v) is 2.23. The van der Waals surface area contributed by atoms with Crippen LogP contribution in [0.4, 0.5) is 5.69 Å². The minimum atomic E-state index is -0.504. The van der Waals surface area contributed by atoms with E-state index in [1.54, 1.807) is 25.1 Å². The number of hydrogen-bond acceptors (Lipinski definition) is 4. The molecule has 0 aliphatic carbocycles. The first kappa shape index (κ1) is 14.8. The molecule has 0 amide bonds. The lowest BCUT2D eigenvalue weighted by molar-refractivity contribution is -0.386. The van der Waals surface area contributed by atoms with Crippen molar-refractivity contribution in [2.75, 3.05) is 0 Å². The predicted octanol–water partition coefficient (Wildman–Crippen LogP) is 4.33. The van der Waals surface area contributed by atoms with E-state index in [-0.39, 0.29) is 11.6 Å². The van der Waals surface area contributed by atoms with Gasteiger partial charge in [0.25, 0.3) is 5.88 Å². The summed E-state index contributed by atoms with van der Waals surface area (Å²) in [5.41, 5.74) is 0.154. The zero-order chi connectivity index (χ0) is 14.9. The van der Waals surface area contributed by atoms with E-state index in [1.807, 2.05) is 6.92 Å². The van der Waals surface area contributed by atoms with Crippen LogP contribution in [0.3, 0.4) is 0 Å². The molecule has 1 aromatic heterocycles. The number of nitrogens with zero attached hydrogens (tertiary/aromatic N) is 3. The second-order valence-corrected chi connectivity index (χ2v) is 5.31. The predicted molar refractivity (Wildman–Crippen MR) is 78.5 cm³/mol. The van der Waals surface area contributed by atoms with Gasteiger partial charge in [-0.05, 0) is 32.0 Å². The Morgan fingerprint density at radius 2 is 2.25 bits per heavy atom. The van der Waals surface area contributed by atoms with Crippen molar-refractivity contribution in [1.82, 2.24) is 9.78 Å². The molecule has 1 heterocycles. The standard InChI is InChI=1S/C12H11BrClN3O3/c1-3-16-12(11(17(18)19)7(2)15-16)20-10-6-8(13)4-5-9(10)14/h4-6H,3H2,1-2H3. The van der Waals surface area contributed by atoms with Crippen LogP contribution < -0.4 is 4.74 Å². The van der Waals surface area contributed by atoms with Crippen LogP contribution in [0, 0.1) is 17.0 Å². The Morgan fingerprint density at radius 3 is 2.85 bits per heavy atom. The molecule has 0 atom stereocenters. The van der Waals surface area contributed by atoms with Gasteiger partial charge in [-0.3, -0.25) is 10.1 Å². The van der Waals surface area contributed by atoms with Crippen molar-refractivity contribution < 1.29 is 9.66 Å². The molecule has 0 fully saturated rings. The molecule has 8 heteroatoms. The summed E-state index contributed by atoms with van der Waals surface area (Å²) in [6.45, 7) is 3.85. The lowest BCUT2D eigenvalue weighted by atomic mass is 10.3. The number of aromatic nitrogens is 2. The molecule has 0 radical (unpaired) electrons. The Hall–Kier alpha value is -1.60. The van der Waals surface area contributed by atoms with Crippen molar-refractivity contribution in [3.63, 3.8) is 0 Å². The van der Waals surface area contributed by atoms with Crippen LogP contribution in [0.15, 0.2) is 22.7 Å². The lowest BCUT2D eigenvalue weighted by Crippen LogP contribution is -2.01. The molecule has 2 rings (SSSR count). The van der Waals surface area contributed by atoms with E-state index in [1.165, 1.54) is 4.68 Å². The minimum absolute atomic E-state index is 0.0787. The first-order valence-electron chi connectivity index (χ1n) is 5.78. The van der Waals surface area contributed by atoms with Crippen molar-refractivity contribution in [2.24, 2.45) is 0 Å². The Labute approximate surface area is 128 Å². The Balaban J connectivity index is 2.52. The molecule has 20 heavy (non-hydrogen) atoms. The quantitative estimate of drug-likeness (QED) is 0.601. The maximum absolute atomic E-state index is 11.1. The third-order valence-electron chi connectivity index (χ3n) is 2.63. The van der Waals surface area contributed by atoms with Crippen molar-refractivity contribution in [3.8, 4) is 11.6 Å². The molecule has 106 valence electrons. The highest BCUT2D eigenvalue weighted by molar-refractivity contribution is 9.10. The first-order valence-corrected chi connectivity index (χ1v) is 6.95. The van der Waals surface area contributed by atoms with Gasteiger partial charge in [0.2, 0.25) is 0 Å². The molecule has 0 unspecified atom stereocenters. The fourth-order valence-electron chi connectivity index (χ4n) is 1.74. The summed E-state index contributed by atoms with van der Waals surface area (Å²) in [5.74, 6) is 0.411. The third-order valence-corrected chi connectivity index (χ3v) is 3.44. The SMILES string of the molecule is CCn1nc(C)c([N+](=O)[O-])c1Oc1cc(Br)ccc1Cl. The van der Waals surface area contributed by atoms with Gasteiger partial charge in [0.15, 0.2) is 0 Å². The molecule has 0 aliphatic rings. The summed E-state index contributed by atoms with van der Waals surface area (Å²) in [4.78, 5) is 10.6. The lowest BCUT2D eigenvalue weighted by Gasteiger charge is -2.08. The molecule has 0 aliphatic heterocycles. The number of nitro groups is 1. The van der Waals surface area contributed by atoms with Gasteiger partial charge in [0.1, 0.15) is 11.4 Å². The van der Waals surface area contributed by atoms with Crippen molar-refractivity contribution >= 4 is 33.2 Å². The van der Waals surface area contributed by atoms with Crippen LogP contribution in [0.5, 0.6) is 11.6 Å². The molecule has 0 saturated heterocycles. The molecular weight excluding hydrogens is 350 g/mol. The van der Waals surface area contributed by atoms with Crippen LogP contribution in [-0.2, 0) is 6.54 Å². The molecule has 2 aromatic rings. The van der Waals surface area contributed by atoms with Crippen molar-refractivity contribution in [3.05, 3.63) is 43.5 Å². The van der Waals surface area contributed by atoms with Crippen LogP contribution in [0.1, 0.15) is 12.6 Å². The number of aryl methyl sites for hydroxylation is 2. The van der Waals surface area contributed by atoms with Gasteiger partial charge >= 0.3 is 5.69 Å². The highest BCUT2D eigenvalue weighted by Gasteiger charge is 2.27. The van der Waals surface area contributed by atoms with Gasteiger partial charge in [-0.2, -0.15) is 5.10 Å². The van der Waals surface area contributed by atoms with E-state index < -0.39 is 4.92 Å². The van der Waals surface area contributed by atoms with Gasteiger partial charge in [0, 0.05) is 11.0 Å². The van der Waals surface area contributed by atoms with E-state index in [2.05, 4.69) is 21.0 Å². The number of ether oxygens (including phenoxy) is 1. The van der Waals surface area contributed by atoms with E-state index in [9.17, 15) is 10.1 Å². The summed E-state index contributed by atoms with van der Waals surface area (Å²) < 4.78 is 7.82. The van der Waals surface area contributed by atoms with Crippen LogP contribution >= 0.6 is 27.5 Å². The second kappa shape index (κ2) is 5.80. The monoisotopic (exact) mass is 359 g/mol. The topological polar surface area (TPSA) is 70.2 Å². The van der Waals surface area contributed by atoms with Crippen LogP contribution in [0.2, 0.25) is 5.02 Å². The average molecular weight is 361 g/mol. The van der Waals surface area contributed by atoms with Crippen LogP contribution in [-0.4, -0.2) is 14.7 Å². The molecule has 0 N–H and O–H groups in total. The van der Waals surface area contributed by atoms with Crippen molar-refractivity contribution in [2.45, 2.75) is 20.4 Å². The number of hydrogen-bond donors (Lipinski definition) is 0. The van der Waals surface area contributed by atoms with E-state index in [0.29, 0.717) is 23.0 Å². The summed E-state index contributed by atoms with van der Waals surface area (Å²) in [5, 5.41) is 15.6. The van der Waals surface area contributed by atoms with Gasteiger partial charge in [-0.1, -0.05) is 27.5 Å². The third kappa shape index (κ3) is 2.78. The largest absolute Gasteiger partial charge is 0.432 e. The Kier molecular flexibility index (Phi) is 4.29. The van der Waals surface area contributed by atoms with E-state index in [0.717, 1.165) is 4.47 Å². The molecular formula is C12H11BrClN3O3. The summed E-state index contributed by atoms with van der Waals surface area (Å²) in [6, 6.07) is 5.05. The zero-order valence-electron chi connectivity index (χ0n) is 10.8. The van der Waals surface area contributed by atoms with Gasteiger partial charge in [-0.25, -0.2) is 4.68 Å².